The van der Waals surface area contributed by atoms with Crippen molar-refractivity contribution in [3.05, 3.63) is 47.1 Å². The standard InChI is InChI=1S/C20H32/c1-16(2)20-14-12-18(4)10-6-8-17(3)9-7-11-19(5)13-15-20/h8,10-12,14,16,20H,6-7,9,13,15H2,1-5H3/b14-12+,17-8+,18-10-,19-11-/t20-/m0/s1. The highest BCUT2D eigenvalue weighted by Gasteiger charge is 2.09. The second-order valence-electron chi connectivity index (χ2n) is 6.63. The van der Waals surface area contributed by atoms with Crippen molar-refractivity contribution in [1.82, 2.24) is 0 Å². The minimum atomic E-state index is 0.696. The van der Waals surface area contributed by atoms with E-state index in [-0.39, 0.29) is 0 Å². The minimum absolute atomic E-state index is 0.696. The predicted octanol–water partition coefficient (Wildman–Crippen LogP) is 6.62. The number of hydrogen-bond acceptors (Lipinski definition) is 0. The van der Waals surface area contributed by atoms with Crippen LogP contribution in [-0.2, 0) is 0 Å². The SMILES string of the molecule is CC1=C/C/C=C(\C)CC/C=C(/C)CC[C@@H](C(C)C)\C=C\1. The number of rotatable bonds is 1. The van der Waals surface area contributed by atoms with Crippen LogP contribution in [0.3, 0.4) is 0 Å². The quantitative estimate of drug-likeness (QED) is 0.471. The minimum Gasteiger partial charge on any atom is -0.0853 e. The maximum atomic E-state index is 2.44. The van der Waals surface area contributed by atoms with Gasteiger partial charge in [0.15, 0.2) is 0 Å². The van der Waals surface area contributed by atoms with Crippen molar-refractivity contribution in [2.24, 2.45) is 11.8 Å². The van der Waals surface area contributed by atoms with Crippen LogP contribution in [0.2, 0.25) is 0 Å². The van der Waals surface area contributed by atoms with Gasteiger partial charge in [-0.2, -0.15) is 0 Å². The smallest absolute Gasteiger partial charge is 0.0161 e. The van der Waals surface area contributed by atoms with E-state index < -0.39 is 0 Å². The Morgan fingerprint density at radius 1 is 0.950 bits per heavy atom. The molecule has 0 amide bonds. The monoisotopic (exact) mass is 272 g/mol. The normalized spacial score (nSPS) is 32.3. The highest BCUT2D eigenvalue weighted by molar-refractivity contribution is 5.19. The summed E-state index contributed by atoms with van der Waals surface area (Å²) in [7, 11) is 0. The van der Waals surface area contributed by atoms with E-state index in [4.69, 9.17) is 0 Å². The Balaban J connectivity index is 2.85. The first kappa shape index (κ1) is 17.0. The second-order valence-corrected chi connectivity index (χ2v) is 6.63. The summed E-state index contributed by atoms with van der Waals surface area (Å²) in [5.74, 6) is 1.42. The van der Waals surface area contributed by atoms with Gasteiger partial charge < -0.3 is 0 Å². The summed E-state index contributed by atoms with van der Waals surface area (Å²) < 4.78 is 0. The van der Waals surface area contributed by atoms with Gasteiger partial charge in [-0.1, -0.05) is 60.9 Å². The zero-order chi connectivity index (χ0) is 15.0. The third-order valence-electron chi connectivity index (χ3n) is 4.27. The first-order chi connectivity index (χ1) is 9.49. The van der Waals surface area contributed by atoms with E-state index in [9.17, 15) is 0 Å². The predicted molar refractivity (Wildman–Crippen MR) is 91.8 cm³/mol. The molecule has 0 heterocycles. The molecule has 0 unspecified atom stereocenters. The molecule has 0 N–H and O–H groups in total. The van der Waals surface area contributed by atoms with Crippen molar-refractivity contribution in [2.45, 2.75) is 66.7 Å². The first-order valence-corrected chi connectivity index (χ1v) is 8.15. The molecule has 20 heavy (non-hydrogen) atoms. The summed E-state index contributed by atoms with van der Waals surface area (Å²) in [6.45, 7) is 11.4. The van der Waals surface area contributed by atoms with Crippen LogP contribution in [0.15, 0.2) is 47.1 Å². The highest BCUT2D eigenvalue weighted by atomic mass is 14.1. The fourth-order valence-corrected chi connectivity index (χ4v) is 2.59. The maximum Gasteiger partial charge on any atom is -0.0161 e. The molecule has 0 bridgehead atoms. The molecule has 0 radical (unpaired) electrons. The molecule has 0 aromatic carbocycles. The van der Waals surface area contributed by atoms with Gasteiger partial charge in [0.1, 0.15) is 0 Å². The van der Waals surface area contributed by atoms with Gasteiger partial charge in [0, 0.05) is 0 Å². The highest BCUT2D eigenvalue weighted by Crippen LogP contribution is 2.23. The van der Waals surface area contributed by atoms with Crippen LogP contribution in [0.25, 0.3) is 0 Å². The van der Waals surface area contributed by atoms with Crippen molar-refractivity contribution in [2.75, 3.05) is 0 Å². The van der Waals surface area contributed by atoms with Crippen molar-refractivity contribution < 1.29 is 0 Å². The van der Waals surface area contributed by atoms with Crippen LogP contribution in [0.1, 0.15) is 66.7 Å². The first-order valence-electron chi connectivity index (χ1n) is 8.15. The van der Waals surface area contributed by atoms with Gasteiger partial charge in [-0.3, -0.25) is 0 Å². The molecule has 0 saturated carbocycles. The fraction of sp³-hybridized carbons (Fsp3) is 0.600. The molecule has 0 aliphatic heterocycles. The van der Waals surface area contributed by atoms with Crippen molar-refractivity contribution in [3.63, 3.8) is 0 Å². The summed E-state index contributed by atoms with van der Waals surface area (Å²) in [5.41, 5.74) is 4.46. The summed E-state index contributed by atoms with van der Waals surface area (Å²) in [5, 5.41) is 0. The van der Waals surface area contributed by atoms with Crippen LogP contribution in [0.5, 0.6) is 0 Å². The lowest BCUT2D eigenvalue weighted by molar-refractivity contribution is 0.435. The van der Waals surface area contributed by atoms with Gasteiger partial charge in [-0.15, -0.1) is 0 Å². The maximum absolute atomic E-state index is 2.44. The molecule has 0 aromatic heterocycles. The average Bonchev–Trinajstić information content (AvgIpc) is 2.37. The van der Waals surface area contributed by atoms with Crippen LogP contribution in [0.4, 0.5) is 0 Å². The van der Waals surface area contributed by atoms with Crippen LogP contribution in [0, 0.1) is 11.8 Å². The third kappa shape index (κ3) is 6.93. The van der Waals surface area contributed by atoms with Crippen LogP contribution >= 0.6 is 0 Å². The summed E-state index contributed by atoms with van der Waals surface area (Å²) in [4.78, 5) is 0. The molecule has 0 heteroatoms. The summed E-state index contributed by atoms with van der Waals surface area (Å²) in [6.07, 6.45) is 17.9. The topological polar surface area (TPSA) is 0 Å². The van der Waals surface area contributed by atoms with Gasteiger partial charge >= 0.3 is 0 Å². The molecule has 1 aliphatic rings. The largest absolute Gasteiger partial charge is 0.0853 e. The second kappa shape index (κ2) is 9.00. The summed E-state index contributed by atoms with van der Waals surface area (Å²) >= 11 is 0. The molecular weight excluding hydrogens is 240 g/mol. The lowest BCUT2D eigenvalue weighted by Crippen LogP contribution is -2.05. The van der Waals surface area contributed by atoms with Gasteiger partial charge in [0.25, 0.3) is 0 Å². The Hall–Kier alpha value is -1.04. The zero-order valence-electron chi connectivity index (χ0n) is 14.1. The molecule has 1 aliphatic carbocycles. The van der Waals surface area contributed by atoms with Crippen molar-refractivity contribution in [3.8, 4) is 0 Å². The van der Waals surface area contributed by atoms with E-state index in [1.807, 2.05) is 0 Å². The van der Waals surface area contributed by atoms with Crippen molar-refractivity contribution >= 4 is 0 Å². The Kier molecular flexibility index (Phi) is 7.65. The number of allylic oxidation sites excluding steroid dienone is 8. The molecular formula is C20H32. The Labute approximate surface area is 126 Å². The molecule has 0 spiro atoms. The van der Waals surface area contributed by atoms with E-state index in [0.717, 1.165) is 12.3 Å². The fourth-order valence-electron chi connectivity index (χ4n) is 2.59. The lowest BCUT2D eigenvalue weighted by atomic mass is 9.88. The van der Waals surface area contributed by atoms with Crippen molar-refractivity contribution in [1.29, 1.82) is 0 Å². The Bertz CT molecular complexity index is 402. The molecule has 1 atom stereocenters. The van der Waals surface area contributed by atoms with Gasteiger partial charge in [0.05, 0.1) is 0 Å². The zero-order valence-corrected chi connectivity index (χ0v) is 14.1. The summed E-state index contributed by atoms with van der Waals surface area (Å²) in [6, 6.07) is 0. The van der Waals surface area contributed by atoms with Crippen LogP contribution < -0.4 is 0 Å². The third-order valence-corrected chi connectivity index (χ3v) is 4.27. The van der Waals surface area contributed by atoms with E-state index in [1.165, 1.54) is 36.8 Å². The van der Waals surface area contributed by atoms with Crippen LogP contribution in [-0.4, -0.2) is 0 Å². The lowest BCUT2D eigenvalue weighted by Gasteiger charge is -2.17. The van der Waals surface area contributed by atoms with E-state index in [1.54, 1.807) is 5.57 Å². The molecule has 1 rings (SSSR count). The molecule has 112 valence electrons. The van der Waals surface area contributed by atoms with Gasteiger partial charge in [0.2, 0.25) is 0 Å². The Morgan fingerprint density at radius 2 is 1.65 bits per heavy atom. The average molecular weight is 272 g/mol. The van der Waals surface area contributed by atoms with Gasteiger partial charge in [-0.05, 0) is 64.7 Å². The molecule has 0 saturated heterocycles. The Morgan fingerprint density at radius 3 is 2.35 bits per heavy atom. The molecule has 0 aromatic rings. The number of hydrogen-bond donors (Lipinski definition) is 0. The van der Waals surface area contributed by atoms with Gasteiger partial charge in [-0.25, -0.2) is 0 Å². The molecule has 0 nitrogen and oxygen atoms in total. The van der Waals surface area contributed by atoms with E-state index >= 15 is 0 Å². The van der Waals surface area contributed by atoms with E-state index in [0.29, 0.717) is 5.92 Å². The van der Waals surface area contributed by atoms with E-state index in [2.05, 4.69) is 65.0 Å². The molecule has 0 fully saturated rings.